The minimum atomic E-state index is -1.10. The molecule has 9 heteroatoms. The largest absolute Gasteiger partial charge is 0.493 e. The molecule has 0 fully saturated rings. The van der Waals surface area contributed by atoms with E-state index in [2.05, 4.69) is 5.32 Å². The Morgan fingerprint density at radius 2 is 1.88 bits per heavy atom. The summed E-state index contributed by atoms with van der Waals surface area (Å²) in [4.78, 5) is 34.9. The highest BCUT2D eigenvalue weighted by molar-refractivity contribution is 5.96. The van der Waals surface area contributed by atoms with E-state index in [-0.39, 0.29) is 29.6 Å². The Morgan fingerprint density at radius 3 is 2.38 bits per heavy atom. The first-order valence-corrected chi connectivity index (χ1v) is 8.19. The van der Waals surface area contributed by atoms with E-state index in [0.717, 1.165) is 6.07 Å². The second-order valence-corrected chi connectivity index (χ2v) is 5.90. The van der Waals surface area contributed by atoms with Gasteiger partial charge >= 0.3 is 5.97 Å². The first-order chi connectivity index (χ1) is 12.2. The van der Waals surface area contributed by atoms with Gasteiger partial charge in [0, 0.05) is 12.6 Å². The molecule has 1 atom stereocenters. The first kappa shape index (κ1) is 21.2. The molecule has 1 aromatic carbocycles. The summed E-state index contributed by atoms with van der Waals surface area (Å²) in [6.07, 6.45) is -1.10. The number of amides is 1. The average molecular weight is 368 g/mol. The third kappa shape index (κ3) is 5.61. The molecule has 9 nitrogen and oxygen atoms in total. The number of carbonyl (C=O) groups excluding carboxylic acids is 2. The number of nitrogens with zero attached hydrogens (tertiary/aromatic N) is 1. The van der Waals surface area contributed by atoms with Crippen molar-refractivity contribution in [2.24, 2.45) is 5.92 Å². The number of benzene rings is 1. The standard InChI is InChI=1S/C17H24N2O7/c1-6-25-15-7-12(13(19(22)23)8-14(15)24-5)17(21)26-11(4)16(20)18-9-10(2)3/h7-8,10-11H,6,9H2,1-5H3,(H,18,20)/t11-/m0/s1. The minimum Gasteiger partial charge on any atom is -0.493 e. The third-order valence-electron chi connectivity index (χ3n) is 3.34. The van der Waals surface area contributed by atoms with Crippen LogP contribution in [0.4, 0.5) is 5.69 Å². The van der Waals surface area contributed by atoms with Crippen molar-refractivity contribution in [3.63, 3.8) is 0 Å². The quantitative estimate of drug-likeness (QED) is 0.404. The van der Waals surface area contributed by atoms with Gasteiger partial charge < -0.3 is 19.5 Å². The van der Waals surface area contributed by atoms with Crippen LogP contribution in [0.15, 0.2) is 12.1 Å². The number of nitrogens with one attached hydrogen (secondary N) is 1. The minimum absolute atomic E-state index is 0.123. The molecule has 0 unspecified atom stereocenters. The lowest BCUT2D eigenvalue weighted by atomic mass is 10.1. The number of carbonyl (C=O) groups is 2. The van der Waals surface area contributed by atoms with E-state index < -0.39 is 28.6 Å². The fourth-order valence-electron chi connectivity index (χ4n) is 2.02. The van der Waals surface area contributed by atoms with E-state index in [1.165, 1.54) is 20.1 Å². The normalized spacial score (nSPS) is 11.6. The van der Waals surface area contributed by atoms with Crippen molar-refractivity contribution in [3.05, 3.63) is 27.8 Å². The average Bonchev–Trinajstić information content (AvgIpc) is 2.58. The van der Waals surface area contributed by atoms with Crippen molar-refractivity contribution in [3.8, 4) is 11.5 Å². The highest BCUT2D eigenvalue weighted by atomic mass is 16.6. The van der Waals surface area contributed by atoms with Crippen LogP contribution in [0, 0.1) is 16.0 Å². The maximum absolute atomic E-state index is 12.4. The van der Waals surface area contributed by atoms with Crippen molar-refractivity contribution in [1.29, 1.82) is 0 Å². The van der Waals surface area contributed by atoms with Crippen molar-refractivity contribution in [2.75, 3.05) is 20.3 Å². The van der Waals surface area contributed by atoms with Gasteiger partial charge in [0.15, 0.2) is 17.6 Å². The Balaban J connectivity index is 3.07. The number of methoxy groups -OCH3 is 1. The van der Waals surface area contributed by atoms with Crippen molar-refractivity contribution >= 4 is 17.6 Å². The molecule has 0 bridgehead atoms. The predicted molar refractivity (Wildman–Crippen MR) is 93.5 cm³/mol. The van der Waals surface area contributed by atoms with E-state index in [0.29, 0.717) is 6.54 Å². The highest BCUT2D eigenvalue weighted by Crippen LogP contribution is 2.35. The lowest BCUT2D eigenvalue weighted by Gasteiger charge is -2.15. The van der Waals surface area contributed by atoms with Crippen LogP contribution in [0.5, 0.6) is 11.5 Å². The Morgan fingerprint density at radius 1 is 1.23 bits per heavy atom. The zero-order valence-corrected chi connectivity index (χ0v) is 15.5. The lowest BCUT2D eigenvalue weighted by molar-refractivity contribution is -0.385. The molecule has 0 radical (unpaired) electrons. The zero-order chi connectivity index (χ0) is 19.9. The smallest absolute Gasteiger partial charge is 0.346 e. The molecule has 0 aliphatic heterocycles. The van der Waals surface area contributed by atoms with Crippen molar-refractivity contribution in [2.45, 2.75) is 33.8 Å². The van der Waals surface area contributed by atoms with E-state index in [1.54, 1.807) is 6.92 Å². The molecule has 1 rings (SSSR count). The predicted octanol–water partition coefficient (Wildman–Crippen LogP) is 2.32. The Bertz CT molecular complexity index is 673. The van der Waals surface area contributed by atoms with Gasteiger partial charge in [0.1, 0.15) is 5.56 Å². The monoisotopic (exact) mass is 368 g/mol. The maximum atomic E-state index is 12.4. The molecule has 0 saturated heterocycles. The van der Waals surface area contributed by atoms with Gasteiger partial charge in [0.25, 0.3) is 11.6 Å². The van der Waals surface area contributed by atoms with Gasteiger partial charge in [-0.2, -0.15) is 0 Å². The lowest BCUT2D eigenvalue weighted by Crippen LogP contribution is -2.37. The van der Waals surface area contributed by atoms with Gasteiger partial charge in [-0.1, -0.05) is 13.8 Å². The summed E-state index contributed by atoms with van der Waals surface area (Å²) in [6, 6.07) is 2.27. The van der Waals surface area contributed by atoms with E-state index >= 15 is 0 Å². The van der Waals surface area contributed by atoms with E-state index in [1.807, 2.05) is 13.8 Å². The summed E-state index contributed by atoms with van der Waals surface area (Å²) in [5.74, 6) is -0.943. The molecule has 0 aromatic heterocycles. The molecule has 0 aliphatic carbocycles. The van der Waals surface area contributed by atoms with E-state index in [9.17, 15) is 19.7 Å². The summed E-state index contributed by atoms with van der Waals surface area (Å²) in [5.41, 5.74) is -0.812. The third-order valence-corrected chi connectivity index (χ3v) is 3.34. The van der Waals surface area contributed by atoms with Crippen LogP contribution in [0.2, 0.25) is 0 Å². The Labute approximate surface area is 151 Å². The molecule has 1 aromatic rings. The summed E-state index contributed by atoms with van der Waals surface area (Å²) >= 11 is 0. The highest BCUT2D eigenvalue weighted by Gasteiger charge is 2.28. The fourth-order valence-corrected chi connectivity index (χ4v) is 2.02. The number of hydrogen-bond acceptors (Lipinski definition) is 7. The van der Waals surface area contributed by atoms with Gasteiger partial charge in [-0.25, -0.2) is 4.79 Å². The van der Waals surface area contributed by atoms with Crippen LogP contribution >= 0.6 is 0 Å². The molecule has 0 aliphatic rings. The molecule has 1 N–H and O–H groups in total. The molecular weight excluding hydrogens is 344 g/mol. The molecule has 0 saturated carbocycles. The number of rotatable bonds is 9. The maximum Gasteiger partial charge on any atom is 0.346 e. The number of esters is 1. The zero-order valence-electron chi connectivity index (χ0n) is 15.5. The van der Waals surface area contributed by atoms with Crippen molar-refractivity contribution in [1.82, 2.24) is 5.32 Å². The first-order valence-electron chi connectivity index (χ1n) is 8.19. The van der Waals surface area contributed by atoms with Gasteiger partial charge in [0.2, 0.25) is 0 Å². The second-order valence-electron chi connectivity index (χ2n) is 5.90. The molecule has 144 valence electrons. The van der Waals surface area contributed by atoms with Crippen LogP contribution < -0.4 is 14.8 Å². The van der Waals surface area contributed by atoms with Crippen LogP contribution in [-0.2, 0) is 9.53 Å². The van der Waals surface area contributed by atoms with Gasteiger partial charge in [-0.15, -0.1) is 0 Å². The number of nitro benzene ring substituents is 1. The topological polar surface area (TPSA) is 117 Å². The Kier molecular flexibility index (Phi) is 7.82. The van der Waals surface area contributed by atoms with E-state index in [4.69, 9.17) is 14.2 Å². The number of ether oxygens (including phenoxy) is 3. The molecule has 0 heterocycles. The van der Waals surface area contributed by atoms with Crippen LogP contribution in [-0.4, -0.2) is 43.2 Å². The summed E-state index contributed by atoms with van der Waals surface area (Å²) in [5, 5.41) is 13.9. The molecule has 1 amide bonds. The number of nitro groups is 1. The van der Waals surface area contributed by atoms with Crippen molar-refractivity contribution < 1.29 is 28.7 Å². The molecule has 0 spiro atoms. The van der Waals surface area contributed by atoms with Gasteiger partial charge in [-0.3, -0.25) is 14.9 Å². The fraction of sp³-hybridized carbons (Fsp3) is 0.529. The van der Waals surface area contributed by atoms with Gasteiger partial charge in [-0.05, 0) is 19.8 Å². The van der Waals surface area contributed by atoms with Crippen LogP contribution in [0.25, 0.3) is 0 Å². The van der Waals surface area contributed by atoms with Gasteiger partial charge in [0.05, 0.1) is 24.7 Å². The summed E-state index contributed by atoms with van der Waals surface area (Å²) < 4.78 is 15.5. The SMILES string of the molecule is CCOc1cc(C(=O)O[C@@H](C)C(=O)NCC(C)C)c([N+](=O)[O-])cc1OC. The van der Waals surface area contributed by atoms with Crippen LogP contribution in [0.1, 0.15) is 38.1 Å². The Hall–Kier alpha value is -2.84. The van der Waals surface area contributed by atoms with Crippen LogP contribution in [0.3, 0.4) is 0 Å². The summed E-state index contributed by atoms with van der Waals surface area (Å²) in [6.45, 7) is 7.67. The number of hydrogen-bond donors (Lipinski definition) is 1. The molecule has 26 heavy (non-hydrogen) atoms. The summed E-state index contributed by atoms with van der Waals surface area (Å²) in [7, 11) is 1.33. The molecular formula is C17H24N2O7. The second kappa shape index (κ2) is 9.59.